The maximum Gasteiger partial charge on any atom is 0.164 e. The Bertz CT molecular complexity index is 2210. The summed E-state index contributed by atoms with van der Waals surface area (Å²) in [6.45, 7) is 0. The standard InChI is InChI=1S/C42H28N6/c1-4-14-29(15-5-1)33-27-38(36-22-12-13-24-43-36)45-39(28-33)37-26-32(23-25-44-37)34-20-10-11-21-35(34)42-47-40(30-16-6-2-7-17-30)46-41(48-42)31-18-8-3-9-19-31/h1-28H. The molecule has 0 unspecified atom stereocenters. The second-order valence-electron chi connectivity index (χ2n) is 11.2. The molecule has 0 aliphatic rings. The van der Waals surface area contributed by atoms with Crippen molar-refractivity contribution in [3.63, 3.8) is 0 Å². The fraction of sp³-hybridized carbons (Fsp3) is 0. The number of hydrogen-bond acceptors (Lipinski definition) is 6. The predicted molar refractivity (Wildman–Crippen MR) is 191 cm³/mol. The lowest BCUT2D eigenvalue weighted by molar-refractivity contribution is 1.07. The molecule has 6 nitrogen and oxygen atoms in total. The highest BCUT2D eigenvalue weighted by Gasteiger charge is 2.17. The molecule has 0 fully saturated rings. The normalized spacial score (nSPS) is 10.9. The zero-order valence-corrected chi connectivity index (χ0v) is 25.8. The van der Waals surface area contributed by atoms with E-state index in [1.165, 1.54) is 0 Å². The van der Waals surface area contributed by atoms with E-state index in [-0.39, 0.29) is 0 Å². The highest BCUT2D eigenvalue weighted by molar-refractivity contribution is 5.84. The average molecular weight is 617 g/mol. The summed E-state index contributed by atoms with van der Waals surface area (Å²) in [5.74, 6) is 1.83. The van der Waals surface area contributed by atoms with E-state index in [1.54, 1.807) is 6.20 Å². The number of rotatable bonds is 7. The minimum Gasteiger partial charge on any atom is -0.255 e. The first-order valence-corrected chi connectivity index (χ1v) is 15.7. The molecule has 0 atom stereocenters. The molecule has 4 aromatic heterocycles. The van der Waals surface area contributed by atoms with Crippen LogP contribution >= 0.6 is 0 Å². The van der Waals surface area contributed by atoms with Gasteiger partial charge in [-0.1, -0.05) is 121 Å². The maximum atomic E-state index is 5.05. The Morgan fingerprint density at radius 3 is 1.40 bits per heavy atom. The molecule has 0 N–H and O–H groups in total. The van der Waals surface area contributed by atoms with Crippen LogP contribution in [0.4, 0.5) is 0 Å². The maximum absolute atomic E-state index is 5.05. The third-order valence-electron chi connectivity index (χ3n) is 8.06. The van der Waals surface area contributed by atoms with Gasteiger partial charge in [0.05, 0.1) is 22.8 Å². The largest absolute Gasteiger partial charge is 0.255 e. The summed E-state index contributed by atoms with van der Waals surface area (Å²) < 4.78 is 0. The Morgan fingerprint density at radius 1 is 0.271 bits per heavy atom. The lowest BCUT2D eigenvalue weighted by atomic mass is 9.98. The summed E-state index contributed by atoms with van der Waals surface area (Å²) in [4.78, 5) is 29.3. The van der Waals surface area contributed by atoms with Gasteiger partial charge >= 0.3 is 0 Å². The van der Waals surface area contributed by atoms with E-state index < -0.39 is 0 Å². The minimum atomic E-state index is 0.596. The summed E-state index contributed by atoms with van der Waals surface area (Å²) in [7, 11) is 0. The van der Waals surface area contributed by atoms with Crippen LogP contribution < -0.4 is 0 Å². The fourth-order valence-electron chi connectivity index (χ4n) is 5.70. The zero-order valence-electron chi connectivity index (χ0n) is 25.8. The van der Waals surface area contributed by atoms with Crippen LogP contribution in [0.5, 0.6) is 0 Å². The summed E-state index contributed by atoms with van der Waals surface area (Å²) >= 11 is 0. The van der Waals surface area contributed by atoms with Gasteiger partial charge in [0.25, 0.3) is 0 Å². The molecule has 0 amide bonds. The SMILES string of the molecule is c1ccc(-c2cc(-c3ccccn3)nc(-c3cc(-c4ccccc4-c4nc(-c5ccccc5)nc(-c5ccccc5)n4)ccn3)c2)cc1. The van der Waals surface area contributed by atoms with Crippen molar-refractivity contribution in [2.75, 3.05) is 0 Å². The van der Waals surface area contributed by atoms with Crippen molar-refractivity contribution in [3.8, 4) is 79.2 Å². The first kappa shape index (κ1) is 28.8. The van der Waals surface area contributed by atoms with Crippen molar-refractivity contribution in [2.24, 2.45) is 0 Å². The Labute approximate surface area is 278 Å². The van der Waals surface area contributed by atoms with Gasteiger partial charge in [-0.3, -0.25) is 9.97 Å². The van der Waals surface area contributed by atoms with E-state index in [0.29, 0.717) is 17.5 Å². The molecular weight excluding hydrogens is 589 g/mol. The van der Waals surface area contributed by atoms with E-state index >= 15 is 0 Å². The van der Waals surface area contributed by atoms with Crippen molar-refractivity contribution in [1.82, 2.24) is 29.9 Å². The molecule has 0 aliphatic carbocycles. The van der Waals surface area contributed by atoms with Crippen LogP contribution in [-0.2, 0) is 0 Å². The van der Waals surface area contributed by atoms with Crippen LogP contribution in [0, 0.1) is 0 Å². The molecule has 0 bridgehead atoms. The third kappa shape index (κ3) is 5.98. The lowest BCUT2D eigenvalue weighted by Crippen LogP contribution is -2.01. The molecule has 0 saturated carbocycles. The molecule has 8 aromatic rings. The number of pyridine rings is 3. The van der Waals surface area contributed by atoms with Crippen LogP contribution in [0.3, 0.4) is 0 Å². The van der Waals surface area contributed by atoms with Crippen LogP contribution in [0.25, 0.3) is 79.2 Å². The molecule has 226 valence electrons. The molecule has 0 saturated heterocycles. The van der Waals surface area contributed by atoms with Crippen molar-refractivity contribution in [3.05, 3.63) is 170 Å². The second-order valence-corrected chi connectivity index (χ2v) is 11.2. The molecule has 6 heteroatoms. The van der Waals surface area contributed by atoms with Gasteiger partial charge in [-0.25, -0.2) is 19.9 Å². The van der Waals surface area contributed by atoms with Crippen molar-refractivity contribution in [2.45, 2.75) is 0 Å². The summed E-state index contributed by atoms with van der Waals surface area (Å²) in [6.07, 6.45) is 3.62. The lowest BCUT2D eigenvalue weighted by Gasteiger charge is -2.13. The van der Waals surface area contributed by atoms with Crippen LogP contribution in [0.1, 0.15) is 0 Å². The van der Waals surface area contributed by atoms with E-state index in [9.17, 15) is 0 Å². The Kier molecular flexibility index (Phi) is 7.79. The van der Waals surface area contributed by atoms with Gasteiger partial charge in [-0.2, -0.15) is 0 Å². The zero-order chi connectivity index (χ0) is 32.1. The van der Waals surface area contributed by atoms with Crippen molar-refractivity contribution < 1.29 is 0 Å². The summed E-state index contributed by atoms with van der Waals surface area (Å²) in [5.41, 5.74) is 9.94. The van der Waals surface area contributed by atoms with Crippen LogP contribution in [0.2, 0.25) is 0 Å². The molecular formula is C42H28N6. The van der Waals surface area contributed by atoms with Gasteiger partial charge in [-0.05, 0) is 58.7 Å². The number of benzene rings is 4. The van der Waals surface area contributed by atoms with E-state index in [2.05, 4.69) is 47.4 Å². The monoisotopic (exact) mass is 616 g/mol. The van der Waals surface area contributed by atoms with Gasteiger partial charge in [0.2, 0.25) is 0 Å². The highest BCUT2D eigenvalue weighted by Crippen LogP contribution is 2.35. The number of hydrogen-bond donors (Lipinski definition) is 0. The van der Waals surface area contributed by atoms with Gasteiger partial charge < -0.3 is 0 Å². The molecule has 0 aliphatic heterocycles. The Hall–Kier alpha value is -6.66. The van der Waals surface area contributed by atoms with E-state index in [4.69, 9.17) is 24.9 Å². The first-order chi connectivity index (χ1) is 23.8. The highest BCUT2D eigenvalue weighted by atomic mass is 15.0. The molecule has 8 rings (SSSR count). The van der Waals surface area contributed by atoms with Crippen molar-refractivity contribution in [1.29, 1.82) is 0 Å². The Morgan fingerprint density at radius 2 is 0.771 bits per heavy atom. The molecule has 0 radical (unpaired) electrons. The predicted octanol–water partition coefficient (Wildman–Crippen LogP) is 9.73. The summed E-state index contributed by atoms with van der Waals surface area (Å²) in [5, 5.41) is 0. The molecule has 4 heterocycles. The van der Waals surface area contributed by atoms with Gasteiger partial charge in [0.1, 0.15) is 0 Å². The fourth-order valence-corrected chi connectivity index (χ4v) is 5.70. The van der Waals surface area contributed by atoms with Gasteiger partial charge in [0, 0.05) is 29.1 Å². The second kappa shape index (κ2) is 13.0. The topological polar surface area (TPSA) is 77.3 Å². The third-order valence-corrected chi connectivity index (χ3v) is 8.06. The summed E-state index contributed by atoms with van der Waals surface area (Å²) in [6, 6.07) is 52.6. The first-order valence-electron chi connectivity index (χ1n) is 15.7. The van der Waals surface area contributed by atoms with E-state index in [0.717, 1.165) is 61.7 Å². The van der Waals surface area contributed by atoms with Crippen LogP contribution in [-0.4, -0.2) is 29.9 Å². The van der Waals surface area contributed by atoms with Gasteiger partial charge in [-0.15, -0.1) is 0 Å². The quantitative estimate of drug-likeness (QED) is 0.177. The van der Waals surface area contributed by atoms with E-state index in [1.807, 2.05) is 121 Å². The number of nitrogens with zero attached hydrogens (tertiary/aromatic N) is 6. The van der Waals surface area contributed by atoms with Crippen molar-refractivity contribution >= 4 is 0 Å². The number of aromatic nitrogens is 6. The molecule has 0 spiro atoms. The smallest absolute Gasteiger partial charge is 0.164 e. The Balaban J connectivity index is 1.26. The average Bonchev–Trinajstić information content (AvgIpc) is 3.19. The van der Waals surface area contributed by atoms with Crippen LogP contribution in [0.15, 0.2) is 170 Å². The molecule has 48 heavy (non-hydrogen) atoms. The minimum absolute atomic E-state index is 0.596. The van der Waals surface area contributed by atoms with Gasteiger partial charge in [0.15, 0.2) is 17.5 Å². The molecule has 4 aromatic carbocycles.